The van der Waals surface area contributed by atoms with E-state index in [0.29, 0.717) is 31.8 Å². The molecule has 0 fully saturated rings. The second-order valence-corrected chi connectivity index (χ2v) is 5.38. The largest absolute Gasteiger partial charge is 0.340 e. The number of carbonyl (C=O) groups is 1. The van der Waals surface area contributed by atoms with E-state index in [-0.39, 0.29) is 5.91 Å². The van der Waals surface area contributed by atoms with E-state index in [2.05, 4.69) is 19.9 Å². The summed E-state index contributed by atoms with van der Waals surface area (Å²) in [5.74, 6) is 0.291. The van der Waals surface area contributed by atoms with Gasteiger partial charge in [0.2, 0.25) is 5.91 Å². The second kappa shape index (κ2) is 8.34. The van der Waals surface area contributed by atoms with Crippen molar-refractivity contribution in [2.24, 2.45) is 11.7 Å². The number of carbonyl (C=O) groups excluding carboxylic acids is 1. The fourth-order valence-electron chi connectivity index (χ4n) is 2.11. The number of rotatable bonds is 7. The van der Waals surface area contributed by atoms with Crippen LogP contribution >= 0.6 is 0 Å². The van der Waals surface area contributed by atoms with Gasteiger partial charge >= 0.3 is 0 Å². The Balaban J connectivity index is 2.65. The number of nitriles is 1. The predicted octanol–water partition coefficient (Wildman–Crippen LogP) is 1.95. The minimum atomic E-state index is -0.546. The van der Waals surface area contributed by atoms with E-state index >= 15 is 0 Å². The molecule has 108 valence electrons. The van der Waals surface area contributed by atoms with E-state index in [1.807, 2.05) is 30.3 Å². The fourth-order valence-corrected chi connectivity index (χ4v) is 2.11. The number of nitrogens with two attached hydrogens (primary N) is 1. The van der Waals surface area contributed by atoms with E-state index in [1.165, 1.54) is 0 Å². The van der Waals surface area contributed by atoms with E-state index in [9.17, 15) is 4.79 Å². The highest BCUT2D eigenvalue weighted by molar-refractivity contribution is 5.82. The summed E-state index contributed by atoms with van der Waals surface area (Å²) in [6.45, 7) is 5.20. The van der Waals surface area contributed by atoms with Crippen LogP contribution in [-0.2, 0) is 11.2 Å². The van der Waals surface area contributed by atoms with Gasteiger partial charge in [0.1, 0.15) is 0 Å². The Bertz CT molecular complexity index is 451. The van der Waals surface area contributed by atoms with Crippen molar-refractivity contribution >= 4 is 5.91 Å². The molecule has 4 heteroatoms. The summed E-state index contributed by atoms with van der Waals surface area (Å²) in [7, 11) is 0. The molecule has 4 nitrogen and oxygen atoms in total. The molecule has 0 bridgehead atoms. The maximum atomic E-state index is 12.4. The maximum Gasteiger partial charge on any atom is 0.239 e. The van der Waals surface area contributed by atoms with E-state index in [1.54, 1.807) is 4.90 Å². The second-order valence-electron chi connectivity index (χ2n) is 5.38. The molecule has 1 aromatic rings. The van der Waals surface area contributed by atoms with Crippen molar-refractivity contribution in [3.8, 4) is 6.07 Å². The Morgan fingerprint density at radius 3 is 2.55 bits per heavy atom. The van der Waals surface area contributed by atoms with Gasteiger partial charge in [-0.3, -0.25) is 4.79 Å². The van der Waals surface area contributed by atoms with Crippen LogP contribution in [-0.4, -0.2) is 29.9 Å². The van der Waals surface area contributed by atoms with Crippen molar-refractivity contribution in [2.75, 3.05) is 13.1 Å². The van der Waals surface area contributed by atoms with E-state index in [0.717, 1.165) is 5.56 Å². The zero-order chi connectivity index (χ0) is 15.0. The minimum Gasteiger partial charge on any atom is -0.340 e. The molecule has 2 N–H and O–H groups in total. The molecule has 0 heterocycles. The Morgan fingerprint density at radius 1 is 1.35 bits per heavy atom. The first-order valence-electron chi connectivity index (χ1n) is 6.99. The first kappa shape index (κ1) is 16.2. The molecule has 0 saturated heterocycles. The van der Waals surface area contributed by atoms with Crippen LogP contribution in [0.1, 0.15) is 25.8 Å². The Hall–Kier alpha value is -1.86. The van der Waals surface area contributed by atoms with Gasteiger partial charge in [-0.05, 0) is 17.9 Å². The third-order valence-electron chi connectivity index (χ3n) is 3.01. The zero-order valence-electron chi connectivity index (χ0n) is 12.2. The summed E-state index contributed by atoms with van der Waals surface area (Å²) >= 11 is 0. The maximum absolute atomic E-state index is 12.4. The predicted molar refractivity (Wildman–Crippen MR) is 79.8 cm³/mol. The SMILES string of the molecule is CC(C)CN(CCC#N)C(=O)[C@@H](N)Cc1ccccc1. The third-order valence-corrected chi connectivity index (χ3v) is 3.01. The molecule has 1 atom stereocenters. The molecule has 0 radical (unpaired) electrons. The lowest BCUT2D eigenvalue weighted by atomic mass is 10.0. The molecular formula is C16H23N3O. The Kier molecular flexibility index (Phi) is 6.75. The van der Waals surface area contributed by atoms with Crippen LogP contribution < -0.4 is 5.73 Å². The quantitative estimate of drug-likeness (QED) is 0.825. The number of amides is 1. The molecule has 20 heavy (non-hydrogen) atoms. The van der Waals surface area contributed by atoms with Gasteiger partial charge in [-0.25, -0.2) is 0 Å². The summed E-state index contributed by atoms with van der Waals surface area (Å²) in [6, 6.07) is 11.3. The highest BCUT2D eigenvalue weighted by atomic mass is 16.2. The average Bonchev–Trinajstić information content (AvgIpc) is 2.43. The summed E-state index contributed by atoms with van der Waals surface area (Å²) in [4.78, 5) is 14.1. The molecule has 0 aliphatic carbocycles. The molecule has 1 aromatic carbocycles. The monoisotopic (exact) mass is 273 g/mol. The van der Waals surface area contributed by atoms with Crippen molar-refractivity contribution in [3.05, 3.63) is 35.9 Å². The molecule has 0 aromatic heterocycles. The Morgan fingerprint density at radius 2 is 2.00 bits per heavy atom. The first-order valence-corrected chi connectivity index (χ1v) is 6.99. The molecule has 1 amide bonds. The summed E-state index contributed by atoms with van der Waals surface area (Å²) in [5, 5.41) is 8.69. The molecule has 0 aliphatic heterocycles. The van der Waals surface area contributed by atoms with E-state index in [4.69, 9.17) is 11.0 Å². The van der Waals surface area contributed by atoms with Gasteiger partial charge in [0.05, 0.1) is 18.5 Å². The van der Waals surface area contributed by atoms with Crippen molar-refractivity contribution in [3.63, 3.8) is 0 Å². The Labute approximate surface area is 121 Å². The summed E-state index contributed by atoms with van der Waals surface area (Å²) in [5.41, 5.74) is 7.08. The average molecular weight is 273 g/mol. The molecule has 0 aliphatic rings. The number of hydrogen-bond donors (Lipinski definition) is 1. The van der Waals surface area contributed by atoms with Gasteiger partial charge in [0.25, 0.3) is 0 Å². The summed E-state index contributed by atoms with van der Waals surface area (Å²) < 4.78 is 0. The smallest absolute Gasteiger partial charge is 0.239 e. The lowest BCUT2D eigenvalue weighted by molar-refractivity contribution is -0.133. The van der Waals surface area contributed by atoms with E-state index < -0.39 is 6.04 Å². The van der Waals surface area contributed by atoms with Crippen LogP contribution in [0.4, 0.5) is 0 Å². The van der Waals surface area contributed by atoms with Crippen LogP contribution in [0, 0.1) is 17.2 Å². The van der Waals surface area contributed by atoms with Crippen LogP contribution in [0.2, 0.25) is 0 Å². The van der Waals surface area contributed by atoms with Gasteiger partial charge in [-0.15, -0.1) is 0 Å². The van der Waals surface area contributed by atoms with Gasteiger partial charge < -0.3 is 10.6 Å². The lowest BCUT2D eigenvalue weighted by Crippen LogP contribution is -2.46. The molecular weight excluding hydrogens is 250 g/mol. The van der Waals surface area contributed by atoms with Gasteiger partial charge in [0.15, 0.2) is 0 Å². The van der Waals surface area contributed by atoms with Crippen LogP contribution in [0.25, 0.3) is 0 Å². The molecule has 0 saturated carbocycles. The fraction of sp³-hybridized carbons (Fsp3) is 0.500. The van der Waals surface area contributed by atoms with Crippen LogP contribution in [0.5, 0.6) is 0 Å². The topological polar surface area (TPSA) is 70.1 Å². The van der Waals surface area contributed by atoms with Crippen molar-refractivity contribution in [1.29, 1.82) is 5.26 Å². The number of nitrogens with zero attached hydrogens (tertiary/aromatic N) is 2. The minimum absolute atomic E-state index is 0.0715. The standard InChI is InChI=1S/C16H23N3O/c1-13(2)12-19(10-6-9-17)16(20)15(18)11-14-7-4-3-5-8-14/h3-5,7-8,13,15H,6,10-12,18H2,1-2H3/t15-/m0/s1. The third kappa shape index (κ3) is 5.41. The summed E-state index contributed by atoms with van der Waals surface area (Å²) in [6.07, 6.45) is 0.872. The van der Waals surface area contributed by atoms with Gasteiger partial charge in [-0.1, -0.05) is 44.2 Å². The molecule has 0 spiro atoms. The highest BCUT2D eigenvalue weighted by Gasteiger charge is 2.21. The van der Waals surface area contributed by atoms with Crippen molar-refractivity contribution in [1.82, 2.24) is 4.90 Å². The molecule has 1 rings (SSSR count). The van der Waals surface area contributed by atoms with Gasteiger partial charge in [0, 0.05) is 13.1 Å². The number of hydrogen-bond acceptors (Lipinski definition) is 3. The normalized spacial score (nSPS) is 11.9. The lowest BCUT2D eigenvalue weighted by Gasteiger charge is -2.26. The highest BCUT2D eigenvalue weighted by Crippen LogP contribution is 2.07. The zero-order valence-corrected chi connectivity index (χ0v) is 12.2. The molecule has 0 unspecified atom stereocenters. The number of benzene rings is 1. The van der Waals surface area contributed by atoms with Crippen LogP contribution in [0.15, 0.2) is 30.3 Å². The van der Waals surface area contributed by atoms with Crippen LogP contribution in [0.3, 0.4) is 0 Å². The van der Waals surface area contributed by atoms with Crippen molar-refractivity contribution in [2.45, 2.75) is 32.7 Å². The first-order chi connectivity index (χ1) is 9.54. The van der Waals surface area contributed by atoms with Crippen molar-refractivity contribution < 1.29 is 4.79 Å². The van der Waals surface area contributed by atoms with Gasteiger partial charge in [-0.2, -0.15) is 5.26 Å².